The Labute approximate surface area is 197 Å². The second kappa shape index (κ2) is 8.03. The summed E-state index contributed by atoms with van der Waals surface area (Å²) in [4.78, 5) is 27.4. The number of aromatic nitrogens is 1. The Hall–Kier alpha value is -4.12. The molecule has 0 saturated carbocycles. The van der Waals surface area contributed by atoms with Crippen LogP contribution in [0.5, 0.6) is 0 Å². The van der Waals surface area contributed by atoms with Crippen LogP contribution in [0.1, 0.15) is 30.1 Å². The molecule has 5 aromatic rings. The first kappa shape index (κ1) is 20.5. The molecule has 1 aliphatic heterocycles. The average Bonchev–Trinajstić information content (AvgIpc) is 3.32. The summed E-state index contributed by atoms with van der Waals surface area (Å²) < 4.78 is 2.29. The van der Waals surface area contributed by atoms with E-state index in [0.29, 0.717) is 19.4 Å². The van der Waals surface area contributed by atoms with Crippen molar-refractivity contribution < 1.29 is 9.59 Å². The van der Waals surface area contributed by atoms with E-state index in [4.69, 9.17) is 0 Å². The van der Waals surface area contributed by atoms with Crippen LogP contribution in [-0.2, 0) is 11.3 Å². The normalized spacial score (nSPS) is 12.9. The van der Waals surface area contributed by atoms with Crippen molar-refractivity contribution in [3.05, 3.63) is 84.4 Å². The van der Waals surface area contributed by atoms with Gasteiger partial charge in [-0.05, 0) is 55.1 Å². The number of hydrogen-bond acceptors (Lipinski definition) is 2. The topological polar surface area (TPSA) is 54.3 Å². The number of aryl methyl sites for hydroxylation is 1. The zero-order valence-electron chi connectivity index (χ0n) is 19.0. The van der Waals surface area contributed by atoms with Gasteiger partial charge in [-0.1, -0.05) is 42.5 Å². The summed E-state index contributed by atoms with van der Waals surface area (Å²) >= 11 is 0. The number of carbonyl (C=O) groups is 2. The van der Waals surface area contributed by atoms with Crippen molar-refractivity contribution in [1.29, 1.82) is 0 Å². The number of rotatable bonds is 6. The minimum atomic E-state index is -0.0408. The molecule has 2 heterocycles. The van der Waals surface area contributed by atoms with E-state index < -0.39 is 0 Å². The molecule has 4 aromatic carbocycles. The van der Waals surface area contributed by atoms with Gasteiger partial charge in [-0.15, -0.1) is 0 Å². The lowest BCUT2D eigenvalue weighted by Crippen LogP contribution is -2.28. The molecule has 5 nitrogen and oxygen atoms in total. The molecule has 0 radical (unpaired) electrons. The molecule has 0 fully saturated rings. The molecule has 6 rings (SSSR count). The van der Waals surface area contributed by atoms with Gasteiger partial charge in [0.1, 0.15) is 0 Å². The van der Waals surface area contributed by atoms with Crippen LogP contribution < -0.4 is 10.2 Å². The van der Waals surface area contributed by atoms with Gasteiger partial charge in [0.2, 0.25) is 5.91 Å². The van der Waals surface area contributed by atoms with E-state index in [9.17, 15) is 9.59 Å². The maximum Gasteiger partial charge on any atom is 0.258 e. The maximum atomic E-state index is 12.9. The van der Waals surface area contributed by atoms with E-state index in [1.165, 1.54) is 16.4 Å². The van der Waals surface area contributed by atoms with Crippen molar-refractivity contribution in [3.63, 3.8) is 0 Å². The zero-order chi connectivity index (χ0) is 23.2. The molecule has 0 spiro atoms. The summed E-state index contributed by atoms with van der Waals surface area (Å²) in [6.45, 7) is 3.55. The monoisotopic (exact) mass is 447 g/mol. The molecule has 0 atom stereocenters. The van der Waals surface area contributed by atoms with Crippen molar-refractivity contribution in [2.75, 3.05) is 16.8 Å². The van der Waals surface area contributed by atoms with E-state index in [0.717, 1.165) is 39.6 Å². The number of carbonyl (C=O) groups excluding carboxylic acids is 2. The molecule has 1 aromatic heterocycles. The number of nitrogens with zero attached hydrogens (tertiary/aromatic N) is 2. The number of hydrogen-bond donors (Lipinski definition) is 1. The Balaban J connectivity index is 1.16. The summed E-state index contributed by atoms with van der Waals surface area (Å²) in [5.74, 6) is -0.0223. The van der Waals surface area contributed by atoms with Crippen LogP contribution in [-0.4, -0.2) is 22.9 Å². The van der Waals surface area contributed by atoms with E-state index in [-0.39, 0.29) is 11.8 Å². The van der Waals surface area contributed by atoms with Gasteiger partial charge in [0.25, 0.3) is 5.91 Å². The molecule has 168 valence electrons. The molecule has 1 aliphatic rings. The Morgan fingerprint density at radius 3 is 2.53 bits per heavy atom. The fraction of sp³-hybridized carbons (Fsp3) is 0.172. The number of amides is 2. The van der Waals surface area contributed by atoms with Crippen LogP contribution in [0.25, 0.3) is 32.6 Å². The molecule has 0 aliphatic carbocycles. The molecular weight excluding hydrogens is 422 g/mol. The standard InChI is InChI=1S/C29H25N3O2/c1-2-31-24-12-4-3-10-21(24)23-18-20(15-16-25(23)31)30-27(33)14-7-17-32-26-13-6-9-19-8-5-11-22(28(19)26)29(32)34/h3-6,8-13,15-16,18H,2,7,14,17H2,1H3,(H,30,33). The summed E-state index contributed by atoms with van der Waals surface area (Å²) in [7, 11) is 0. The van der Waals surface area contributed by atoms with E-state index >= 15 is 0 Å². The Kier molecular flexibility index (Phi) is 4.84. The first-order valence-electron chi connectivity index (χ1n) is 11.8. The minimum Gasteiger partial charge on any atom is -0.341 e. The molecule has 0 unspecified atom stereocenters. The molecule has 34 heavy (non-hydrogen) atoms. The Bertz CT molecular complexity index is 1590. The lowest BCUT2D eigenvalue weighted by Gasteiger charge is -2.17. The molecular formula is C29H25N3O2. The molecule has 5 heteroatoms. The maximum absolute atomic E-state index is 12.9. The molecule has 1 N–H and O–H groups in total. The first-order chi connectivity index (χ1) is 16.7. The number of fused-ring (bicyclic) bond motifs is 3. The highest BCUT2D eigenvalue weighted by atomic mass is 16.2. The van der Waals surface area contributed by atoms with Crippen LogP contribution in [0.4, 0.5) is 11.4 Å². The number of nitrogens with one attached hydrogen (secondary N) is 1. The third kappa shape index (κ3) is 3.16. The van der Waals surface area contributed by atoms with Crippen LogP contribution in [0.3, 0.4) is 0 Å². The predicted molar refractivity (Wildman–Crippen MR) is 139 cm³/mol. The SMILES string of the molecule is CCn1c2ccccc2c2cc(NC(=O)CCCN3C(=O)c4cccc5cccc3c45)ccc21. The second-order valence-electron chi connectivity index (χ2n) is 8.78. The molecule has 0 saturated heterocycles. The second-order valence-corrected chi connectivity index (χ2v) is 8.78. The zero-order valence-corrected chi connectivity index (χ0v) is 19.0. The highest BCUT2D eigenvalue weighted by molar-refractivity contribution is 6.25. The van der Waals surface area contributed by atoms with Gasteiger partial charge in [0, 0.05) is 58.0 Å². The summed E-state index contributed by atoms with van der Waals surface area (Å²) in [6.07, 6.45) is 0.949. The quantitative estimate of drug-likeness (QED) is 0.330. The highest BCUT2D eigenvalue weighted by Gasteiger charge is 2.29. The summed E-state index contributed by atoms with van der Waals surface area (Å²) in [5, 5.41) is 7.47. The van der Waals surface area contributed by atoms with Crippen molar-refractivity contribution in [2.24, 2.45) is 0 Å². The Morgan fingerprint density at radius 1 is 0.882 bits per heavy atom. The van der Waals surface area contributed by atoms with Crippen LogP contribution in [0.15, 0.2) is 78.9 Å². The average molecular weight is 448 g/mol. The number of para-hydroxylation sites is 1. The number of benzene rings is 4. The van der Waals surface area contributed by atoms with E-state index in [1.54, 1.807) is 4.90 Å². The highest BCUT2D eigenvalue weighted by Crippen LogP contribution is 2.37. The molecule has 0 bridgehead atoms. The lowest BCUT2D eigenvalue weighted by molar-refractivity contribution is -0.116. The van der Waals surface area contributed by atoms with Gasteiger partial charge in [-0.3, -0.25) is 9.59 Å². The minimum absolute atomic E-state index is 0.0185. The Morgan fingerprint density at radius 2 is 1.68 bits per heavy atom. The van der Waals surface area contributed by atoms with Gasteiger partial charge < -0.3 is 14.8 Å². The predicted octanol–water partition coefficient (Wildman–Crippen LogP) is 6.35. The third-order valence-corrected chi connectivity index (χ3v) is 6.81. The van der Waals surface area contributed by atoms with Crippen LogP contribution in [0.2, 0.25) is 0 Å². The summed E-state index contributed by atoms with van der Waals surface area (Å²) in [5.41, 5.74) is 4.86. The largest absolute Gasteiger partial charge is 0.341 e. The van der Waals surface area contributed by atoms with Gasteiger partial charge in [0.15, 0.2) is 0 Å². The van der Waals surface area contributed by atoms with Crippen molar-refractivity contribution in [3.8, 4) is 0 Å². The van der Waals surface area contributed by atoms with Crippen LogP contribution >= 0.6 is 0 Å². The number of anilines is 2. The van der Waals surface area contributed by atoms with Crippen molar-refractivity contribution in [1.82, 2.24) is 4.57 Å². The van der Waals surface area contributed by atoms with E-state index in [1.807, 2.05) is 48.5 Å². The van der Waals surface area contributed by atoms with Crippen molar-refractivity contribution >= 4 is 55.8 Å². The lowest BCUT2D eigenvalue weighted by atomic mass is 10.1. The summed E-state index contributed by atoms with van der Waals surface area (Å²) in [6, 6.07) is 26.3. The van der Waals surface area contributed by atoms with Crippen molar-refractivity contribution in [2.45, 2.75) is 26.3 Å². The van der Waals surface area contributed by atoms with Gasteiger partial charge in [0.05, 0.1) is 5.69 Å². The fourth-order valence-corrected chi connectivity index (χ4v) is 5.29. The van der Waals surface area contributed by atoms with Gasteiger partial charge in [-0.25, -0.2) is 0 Å². The first-order valence-corrected chi connectivity index (χ1v) is 11.8. The van der Waals surface area contributed by atoms with Gasteiger partial charge >= 0.3 is 0 Å². The third-order valence-electron chi connectivity index (χ3n) is 6.81. The van der Waals surface area contributed by atoms with Gasteiger partial charge in [-0.2, -0.15) is 0 Å². The smallest absolute Gasteiger partial charge is 0.258 e. The fourth-order valence-electron chi connectivity index (χ4n) is 5.29. The van der Waals surface area contributed by atoms with E-state index in [2.05, 4.69) is 47.1 Å². The molecule has 2 amide bonds. The van der Waals surface area contributed by atoms with Crippen LogP contribution in [0, 0.1) is 0 Å².